The van der Waals surface area contributed by atoms with Crippen molar-refractivity contribution in [2.45, 2.75) is 121 Å². The molecule has 1 fully saturated rings. The SMILES string of the molecule is Cc1cc2c3c(c1)C(C)(C)CC31CC(C)(C)c3cc(C)cc(c31)CN(C1CCCC[C@@H]1N)C2. The molecule has 2 heteroatoms. The molecular formula is C31H42N2. The van der Waals surface area contributed by atoms with E-state index in [9.17, 15) is 0 Å². The van der Waals surface area contributed by atoms with Crippen LogP contribution in [0.3, 0.4) is 0 Å². The maximum Gasteiger partial charge on any atom is 0.0254 e. The second-order valence-electron chi connectivity index (χ2n) is 13.3. The maximum absolute atomic E-state index is 6.78. The van der Waals surface area contributed by atoms with Crippen LogP contribution in [0.4, 0.5) is 0 Å². The third-order valence-electron chi connectivity index (χ3n) is 9.63. The standard InChI is InChI=1S/C31H42N2/c1-19-11-21-15-33(26-10-8-7-9-25(26)32)16-22-12-20(2)14-24-28(22)31(18-30(24,5)6)17-29(3,4)23(13-19)27(21)31/h11-14,25-26H,7-10,15-18,32H2,1-6H3/t25-,26?,31?/m0/s1. The van der Waals surface area contributed by atoms with Crippen molar-refractivity contribution in [1.82, 2.24) is 4.90 Å². The minimum atomic E-state index is 0.157. The fraction of sp³-hybridized carbons (Fsp3) is 0.613. The van der Waals surface area contributed by atoms with Gasteiger partial charge >= 0.3 is 0 Å². The van der Waals surface area contributed by atoms with Gasteiger partial charge in [0.2, 0.25) is 0 Å². The van der Waals surface area contributed by atoms with E-state index in [2.05, 4.69) is 70.7 Å². The zero-order chi connectivity index (χ0) is 23.3. The van der Waals surface area contributed by atoms with Gasteiger partial charge in [-0.15, -0.1) is 0 Å². The van der Waals surface area contributed by atoms with E-state index in [4.69, 9.17) is 5.73 Å². The number of rotatable bonds is 1. The van der Waals surface area contributed by atoms with Gasteiger partial charge in [-0.3, -0.25) is 4.90 Å². The summed E-state index contributed by atoms with van der Waals surface area (Å²) in [5, 5.41) is 0. The molecule has 0 saturated heterocycles. The third kappa shape index (κ3) is 3.06. The number of benzene rings is 2. The fourth-order valence-corrected chi connectivity index (χ4v) is 8.73. The topological polar surface area (TPSA) is 29.3 Å². The Kier molecular flexibility index (Phi) is 4.61. The van der Waals surface area contributed by atoms with Crippen LogP contribution < -0.4 is 5.73 Å². The number of hydrogen-bond donors (Lipinski definition) is 1. The van der Waals surface area contributed by atoms with Gasteiger partial charge in [0.25, 0.3) is 0 Å². The van der Waals surface area contributed by atoms with E-state index >= 15 is 0 Å². The minimum absolute atomic E-state index is 0.157. The molecule has 0 aromatic heterocycles. The lowest BCUT2D eigenvalue weighted by Crippen LogP contribution is -2.49. The summed E-state index contributed by atoms with van der Waals surface area (Å²) in [5.41, 5.74) is 19.9. The smallest absolute Gasteiger partial charge is 0.0254 e. The van der Waals surface area contributed by atoms with E-state index in [0.29, 0.717) is 12.1 Å². The summed E-state index contributed by atoms with van der Waals surface area (Å²) in [6.07, 6.45) is 7.49. The van der Waals surface area contributed by atoms with Crippen molar-refractivity contribution >= 4 is 0 Å². The molecule has 0 radical (unpaired) electrons. The Morgan fingerprint density at radius 1 is 0.758 bits per heavy atom. The highest BCUT2D eigenvalue weighted by atomic mass is 15.2. The molecule has 176 valence electrons. The van der Waals surface area contributed by atoms with Gasteiger partial charge in [0, 0.05) is 30.6 Å². The zero-order valence-corrected chi connectivity index (χ0v) is 21.6. The first-order chi connectivity index (χ1) is 15.5. The van der Waals surface area contributed by atoms with Crippen LogP contribution in [-0.2, 0) is 29.3 Å². The molecule has 2 nitrogen and oxygen atoms in total. The van der Waals surface area contributed by atoms with E-state index in [1.54, 1.807) is 33.4 Å². The number of hydrogen-bond acceptors (Lipinski definition) is 2. The van der Waals surface area contributed by atoms with Crippen LogP contribution in [0, 0.1) is 13.8 Å². The number of nitrogens with two attached hydrogens (primary N) is 1. The Bertz CT molecular complexity index is 1060. The lowest BCUT2D eigenvalue weighted by Gasteiger charge is -2.42. The molecule has 1 heterocycles. The Morgan fingerprint density at radius 3 is 1.73 bits per heavy atom. The van der Waals surface area contributed by atoms with Crippen LogP contribution in [0.1, 0.15) is 111 Å². The first-order valence-electron chi connectivity index (χ1n) is 13.3. The molecular weight excluding hydrogens is 400 g/mol. The molecule has 1 unspecified atom stereocenters. The van der Waals surface area contributed by atoms with Gasteiger partial charge < -0.3 is 5.73 Å². The van der Waals surface area contributed by atoms with Crippen molar-refractivity contribution < 1.29 is 0 Å². The fourth-order valence-electron chi connectivity index (χ4n) is 8.73. The zero-order valence-electron chi connectivity index (χ0n) is 21.6. The number of nitrogens with zero attached hydrogens (tertiary/aromatic N) is 1. The summed E-state index contributed by atoms with van der Waals surface area (Å²) in [7, 11) is 0. The van der Waals surface area contributed by atoms with Crippen LogP contribution in [-0.4, -0.2) is 17.0 Å². The highest BCUT2D eigenvalue weighted by Crippen LogP contribution is 2.65. The largest absolute Gasteiger partial charge is 0.326 e. The number of aryl methyl sites for hydroxylation is 2. The van der Waals surface area contributed by atoms with Gasteiger partial charge in [0.15, 0.2) is 0 Å². The molecule has 0 bridgehead atoms. The van der Waals surface area contributed by atoms with Crippen LogP contribution in [0.5, 0.6) is 0 Å². The predicted molar refractivity (Wildman–Crippen MR) is 138 cm³/mol. The van der Waals surface area contributed by atoms with Gasteiger partial charge in [0.1, 0.15) is 0 Å². The van der Waals surface area contributed by atoms with E-state index in [-0.39, 0.29) is 16.2 Å². The average Bonchev–Trinajstić information content (AvgIpc) is 3.06. The lowest BCUT2D eigenvalue weighted by molar-refractivity contribution is 0.119. The Hall–Kier alpha value is -1.64. The van der Waals surface area contributed by atoms with Crippen molar-refractivity contribution in [2.24, 2.45) is 5.73 Å². The summed E-state index contributed by atoms with van der Waals surface area (Å²) in [4.78, 5) is 2.77. The first kappa shape index (κ1) is 21.9. The molecule has 2 N–H and O–H groups in total. The molecule has 6 rings (SSSR count). The summed E-state index contributed by atoms with van der Waals surface area (Å²) in [6.45, 7) is 16.7. The van der Waals surface area contributed by atoms with E-state index < -0.39 is 0 Å². The molecule has 1 aliphatic heterocycles. The molecule has 2 atom stereocenters. The molecule has 1 spiro atoms. The average molecular weight is 443 g/mol. The van der Waals surface area contributed by atoms with Crippen LogP contribution >= 0.6 is 0 Å². The molecule has 2 aromatic carbocycles. The van der Waals surface area contributed by atoms with Crippen LogP contribution in [0.25, 0.3) is 0 Å². The van der Waals surface area contributed by atoms with Crippen molar-refractivity contribution in [3.63, 3.8) is 0 Å². The summed E-state index contributed by atoms with van der Waals surface area (Å²) in [6, 6.07) is 10.9. The minimum Gasteiger partial charge on any atom is -0.326 e. The van der Waals surface area contributed by atoms with E-state index in [0.717, 1.165) is 13.1 Å². The second kappa shape index (κ2) is 6.95. The van der Waals surface area contributed by atoms with Crippen LogP contribution in [0.15, 0.2) is 24.3 Å². The lowest BCUT2D eigenvalue weighted by atomic mass is 9.69. The van der Waals surface area contributed by atoms with Crippen molar-refractivity contribution in [1.29, 1.82) is 0 Å². The normalized spacial score (nSPS) is 28.7. The van der Waals surface area contributed by atoms with Gasteiger partial charge in [-0.2, -0.15) is 0 Å². The Labute approximate surface area is 200 Å². The van der Waals surface area contributed by atoms with Crippen LogP contribution in [0.2, 0.25) is 0 Å². The monoisotopic (exact) mass is 442 g/mol. The highest BCUT2D eigenvalue weighted by molar-refractivity contribution is 5.65. The maximum atomic E-state index is 6.78. The third-order valence-corrected chi connectivity index (χ3v) is 9.63. The summed E-state index contributed by atoms with van der Waals surface area (Å²) in [5.74, 6) is 0. The Morgan fingerprint density at radius 2 is 1.24 bits per heavy atom. The Balaban J connectivity index is 1.66. The van der Waals surface area contributed by atoms with Gasteiger partial charge in [-0.05, 0) is 83.7 Å². The quantitative estimate of drug-likeness (QED) is 0.543. The summed E-state index contributed by atoms with van der Waals surface area (Å²) >= 11 is 0. The molecule has 33 heavy (non-hydrogen) atoms. The molecule has 2 aromatic rings. The second-order valence-corrected chi connectivity index (χ2v) is 13.3. The van der Waals surface area contributed by atoms with Gasteiger partial charge in [0.05, 0.1) is 0 Å². The van der Waals surface area contributed by atoms with Crippen molar-refractivity contribution in [2.75, 3.05) is 0 Å². The van der Waals surface area contributed by atoms with Gasteiger partial charge in [-0.1, -0.05) is 75.9 Å². The van der Waals surface area contributed by atoms with Crippen molar-refractivity contribution in [3.05, 3.63) is 68.8 Å². The molecule has 4 aliphatic rings. The molecule has 1 saturated carbocycles. The molecule has 3 aliphatic carbocycles. The van der Waals surface area contributed by atoms with E-state index in [1.165, 1.54) is 49.7 Å². The highest BCUT2D eigenvalue weighted by Gasteiger charge is 2.58. The predicted octanol–water partition coefficient (Wildman–Crippen LogP) is 6.54. The van der Waals surface area contributed by atoms with E-state index in [1.807, 2.05) is 0 Å². The molecule has 0 amide bonds. The first-order valence-corrected chi connectivity index (χ1v) is 13.3. The van der Waals surface area contributed by atoms with Crippen molar-refractivity contribution in [3.8, 4) is 0 Å². The van der Waals surface area contributed by atoms with Gasteiger partial charge in [-0.25, -0.2) is 0 Å². The summed E-state index contributed by atoms with van der Waals surface area (Å²) < 4.78 is 0.